The molecule has 8 nitrogen and oxygen atoms in total. The molecule has 0 unspecified atom stereocenters. The monoisotopic (exact) mass is 350 g/mol. The quantitative estimate of drug-likeness (QED) is 0.601. The Labute approximate surface area is 150 Å². The number of pyridine rings is 1. The zero-order valence-electron chi connectivity index (χ0n) is 14.4. The molecule has 4 N–H and O–H groups in total. The molecule has 1 aromatic carbocycles. The summed E-state index contributed by atoms with van der Waals surface area (Å²) in [6.45, 7) is 1.95. The van der Waals surface area contributed by atoms with E-state index in [-0.39, 0.29) is 0 Å². The first-order chi connectivity index (χ1) is 12.6. The van der Waals surface area contributed by atoms with Gasteiger partial charge in [-0.15, -0.1) is 0 Å². The van der Waals surface area contributed by atoms with Crippen molar-refractivity contribution in [3.05, 3.63) is 60.0 Å². The molecular weight excluding hydrogens is 332 g/mol. The van der Waals surface area contributed by atoms with Crippen LogP contribution in [0, 0.1) is 6.92 Å². The number of nitrogens with two attached hydrogens (primary N) is 1. The largest absolute Gasteiger partial charge is 0.465 e. The van der Waals surface area contributed by atoms with Crippen molar-refractivity contribution in [2.24, 2.45) is 0 Å². The molecule has 132 valence electrons. The van der Waals surface area contributed by atoms with Crippen LogP contribution in [-0.4, -0.2) is 28.0 Å². The van der Waals surface area contributed by atoms with Gasteiger partial charge in [-0.05, 0) is 30.7 Å². The maximum atomic E-state index is 11.9. The van der Waals surface area contributed by atoms with Gasteiger partial charge in [-0.1, -0.05) is 18.2 Å². The van der Waals surface area contributed by atoms with Crippen molar-refractivity contribution in [1.29, 1.82) is 0 Å². The number of ether oxygens (including phenoxy) is 1. The highest BCUT2D eigenvalue weighted by Gasteiger charge is 2.14. The van der Waals surface area contributed by atoms with Crippen molar-refractivity contribution >= 4 is 34.8 Å². The molecule has 8 heteroatoms. The first kappa shape index (κ1) is 17.2. The highest BCUT2D eigenvalue weighted by molar-refractivity contribution is 5.97. The first-order valence-corrected chi connectivity index (χ1v) is 7.83. The van der Waals surface area contributed by atoms with Gasteiger partial charge in [0.15, 0.2) is 11.6 Å². The number of aryl methyl sites for hydroxylation is 1. The maximum absolute atomic E-state index is 11.9. The number of carbonyl (C=O) groups excluding carboxylic acids is 1. The number of hydrogen-bond acceptors (Lipinski definition) is 8. The third-order valence-corrected chi connectivity index (χ3v) is 3.63. The average molecular weight is 350 g/mol. The van der Waals surface area contributed by atoms with Crippen molar-refractivity contribution in [3.8, 4) is 0 Å². The summed E-state index contributed by atoms with van der Waals surface area (Å²) in [7, 11) is 1.33. The van der Waals surface area contributed by atoms with Gasteiger partial charge in [0.25, 0.3) is 0 Å². The number of nitrogens with zero attached hydrogens (tertiary/aromatic N) is 3. The van der Waals surface area contributed by atoms with Crippen LogP contribution in [0.5, 0.6) is 0 Å². The second-order valence-corrected chi connectivity index (χ2v) is 5.49. The zero-order valence-corrected chi connectivity index (χ0v) is 14.4. The van der Waals surface area contributed by atoms with E-state index in [0.717, 1.165) is 5.56 Å². The van der Waals surface area contributed by atoms with Gasteiger partial charge in [0.2, 0.25) is 0 Å². The lowest BCUT2D eigenvalue weighted by molar-refractivity contribution is 0.0602. The zero-order chi connectivity index (χ0) is 18.5. The Morgan fingerprint density at radius 2 is 1.77 bits per heavy atom. The van der Waals surface area contributed by atoms with Gasteiger partial charge in [0.05, 0.1) is 18.4 Å². The number of nitrogen functional groups attached to an aromatic ring is 1. The molecule has 0 fully saturated rings. The number of methoxy groups -OCH3 is 1. The molecule has 2 aromatic heterocycles. The van der Waals surface area contributed by atoms with Crippen molar-refractivity contribution in [2.75, 3.05) is 23.5 Å². The molecule has 0 aliphatic rings. The molecular formula is C18H18N6O2. The Morgan fingerprint density at radius 1 is 1.04 bits per heavy atom. The van der Waals surface area contributed by atoms with Crippen LogP contribution in [0.4, 0.5) is 28.8 Å². The SMILES string of the molecule is COC(=O)c1ccccc1Nc1ncnc(Nc2ccc(C)cn2)c1N. The van der Waals surface area contributed by atoms with Crippen LogP contribution in [-0.2, 0) is 4.74 Å². The lowest BCUT2D eigenvalue weighted by Gasteiger charge is -2.14. The van der Waals surface area contributed by atoms with E-state index in [0.29, 0.717) is 34.4 Å². The Hall–Kier alpha value is -3.68. The normalized spacial score (nSPS) is 10.2. The van der Waals surface area contributed by atoms with Gasteiger partial charge < -0.3 is 21.1 Å². The predicted octanol–water partition coefficient (Wildman–Crippen LogP) is 3.04. The number of aromatic nitrogens is 3. The lowest BCUT2D eigenvalue weighted by atomic mass is 10.2. The second kappa shape index (κ2) is 7.47. The van der Waals surface area contributed by atoms with E-state index in [1.165, 1.54) is 13.4 Å². The summed E-state index contributed by atoms with van der Waals surface area (Å²) in [4.78, 5) is 24.5. The van der Waals surface area contributed by atoms with Crippen molar-refractivity contribution in [1.82, 2.24) is 15.0 Å². The van der Waals surface area contributed by atoms with Crippen LogP contribution in [0.2, 0.25) is 0 Å². The number of para-hydroxylation sites is 1. The van der Waals surface area contributed by atoms with Crippen LogP contribution >= 0.6 is 0 Å². The van der Waals surface area contributed by atoms with E-state index < -0.39 is 5.97 Å². The summed E-state index contributed by atoms with van der Waals surface area (Å²) in [6.07, 6.45) is 3.11. The topological polar surface area (TPSA) is 115 Å². The number of benzene rings is 1. The standard InChI is InChI=1S/C18H18N6O2/c1-11-7-8-14(20-9-11)24-17-15(19)16(21-10-22-17)23-13-6-4-3-5-12(13)18(25)26-2/h3-10H,19H2,1-2H3,(H2,20,21,22,23,24). The van der Waals surface area contributed by atoms with E-state index in [1.54, 1.807) is 30.5 Å². The minimum Gasteiger partial charge on any atom is -0.465 e. The minimum atomic E-state index is -0.456. The Balaban J connectivity index is 1.88. The van der Waals surface area contributed by atoms with Gasteiger partial charge in [-0.25, -0.2) is 19.7 Å². The summed E-state index contributed by atoms with van der Waals surface area (Å²) >= 11 is 0. The first-order valence-electron chi connectivity index (χ1n) is 7.83. The van der Waals surface area contributed by atoms with Gasteiger partial charge in [-0.3, -0.25) is 0 Å². The summed E-state index contributed by atoms with van der Waals surface area (Å²) < 4.78 is 4.79. The van der Waals surface area contributed by atoms with E-state index in [2.05, 4.69) is 25.6 Å². The van der Waals surface area contributed by atoms with E-state index in [1.807, 2.05) is 19.1 Å². The van der Waals surface area contributed by atoms with Crippen LogP contribution < -0.4 is 16.4 Å². The third kappa shape index (κ3) is 3.69. The summed E-state index contributed by atoms with van der Waals surface area (Å²) in [5.41, 5.74) is 8.43. The van der Waals surface area contributed by atoms with Crippen LogP contribution in [0.25, 0.3) is 0 Å². The predicted molar refractivity (Wildman–Crippen MR) is 99.8 cm³/mol. The molecule has 0 aliphatic carbocycles. The Bertz CT molecular complexity index is 927. The summed E-state index contributed by atoms with van der Waals surface area (Å²) in [5.74, 6) is 0.935. The molecule has 0 aliphatic heterocycles. The summed E-state index contributed by atoms with van der Waals surface area (Å²) in [6, 6.07) is 10.7. The van der Waals surface area contributed by atoms with Gasteiger partial charge in [-0.2, -0.15) is 0 Å². The highest BCUT2D eigenvalue weighted by atomic mass is 16.5. The van der Waals surface area contributed by atoms with E-state index >= 15 is 0 Å². The number of anilines is 5. The minimum absolute atomic E-state index is 0.301. The fraction of sp³-hybridized carbons (Fsp3) is 0.111. The Morgan fingerprint density at radius 3 is 2.46 bits per heavy atom. The van der Waals surface area contributed by atoms with E-state index in [4.69, 9.17) is 10.5 Å². The van der Waals surface area contributed by atoms with Crippen LogP contribution in [0.3, 0.4) is 0 Å². The number of nitrogens with one attached hydrogen (secondary N) is 2. The molecule has 3 aromatic rings. The van der Waals surface area contributed by atoms with Crippen molar-refractivity contribution in [2.45, 2.75) is 6.92 Å². The summed E-state index contributed by atoms with van der Waals surface area (Å²) in [5, 5.41) is 6.11. The Kier molecular flexibility index (Phi) is 4.93. The molecule has 0 atom stereocenters. The number of carbonyl (C=O) groups is 1. The second-order valence-electron chi connectivity index (χ2n) is 5.49. The lowest BCUT2D eigenvalue weighted by Crippen LogP contribution is -2.09. The van der Waals surface area contributed by atoms with Gasteiger partial charge in [0.1, 0.15) is 17.8 Å². The molecule has 0 saturated carbocycles. The molecule has 0 amide bonds. The molecule has 0 bridgehead atoms. The smallest absolute Gasteiger partial charge is 0.339 e. The van der Waals surface area contributed by atoms with Crippen LogP contribution in [0.1, 0.15) is 15.9 Å². The van der Waals surface area contributed by atoms with Gasteiger partial charge >= 0.3 is 5.97 Å². The molecule has 2 heterocycles. The van der Waals surface area contributed by atoms with Crippen molar-refractivity contribution in [3.63, 3.8) is 0 Å². The third-order valence-electron chi connectivity index (χ3n) is 3.63. The van der Waals surface area contributed by atoms with Gasteiger partial charge in [0, 0.05) is 6.20 Å². The molecule has 0 spiro atoms. The molecule has 3 rings (SSSR count). The number of esters is 1. The average Bonchev–Trinajstić information content (AvgIpc) is 2.66. The number of rotatable bonds is 5. The highest BCUT2D eigenvalue weighted by Crippen LogP contribution is 2.29. The van der Waals surface area contributed by atoms with E-state index in [9.17, 15) is 4.79 Å². The van der Waals surface area contributed by atoms with Crippen LogP contribution in [0.15, 0.2) is 48.9 Å². The number of hydrogen-bond donors (Lipinski definition) is 3. The van der Waals surface area contributed by atoms with Crippen molar-refractivity contribution < 1.29 is 9.53 Å². The fourth-order valence-electron chi connectivity index (χ4n) is 2.27. The fourth-order valence-corrected chi connectivity index (χ4v) is 2.27. The molecule has 0 radical (unpaired) electrons. The molecule has 0 saturated heterocycles. The molecule has 26 heavy (non-hydrogen) atoms. The maximum Gasteiger partial charge on any atom is 0.339 e.